The van der Waals surface area contributed by atoms with Gasteiger partial charge in [-0.2, -0.15) is 13.2 Å². The minimum absolute atomic E-state index is 0.0489. The standard InChI is InChI=1S/C26H24ClF4N3O3/c27-21-2-1-16(26(29,30)31)9-15(21)12-33-7-5-14(6-8-33)18-10-17(28)11-19-20(18)13-34(25(19)37)22-3-4-23(35)32-24(22)36/h1-2,9-11,14,22H,3-8,12-13H2,(H,32,35,36). The van der Waals surface area contributed by atoms with Gasteiger partial charge in [-0.05, 0) is 85.3 Å². The van der Waals surface area contributed by atoms with Gasteiger partial charge in [0.1, 0.15) is 11.9 Å². The number of alkyl halides is 3. The molecule has 0 radical (unpaired) electrons. The predicted molar refractivity (Wildman–Crippen MR) is 126 cm³/mol. The summed E-state index contributed by atoms with van der Waals surface area (Å²) in [5.74, 6) is -1.92. The monoisotopic (exact) mass is 537 g/mol. The number of carbonyl (C=O) groups excluding carboxylic acids is 3. The molecule has 37 heavy (non-hydrogen) atoms. The second-order valence-electron chi connectivity index (χ2n) is 9.78. The van der Waals surface area contributed by atoms with Crippen LogP contribution in [0.3, 0.4) is 0 Å². The van der Waals surface area contributed by atoms with E-state index in [1.807, 2.05) is 4.90 Å². The fourth-order valence-corrected chi connectivity index (χ4v) is 5.71. The number of amides is 3. The van der Waals surface area contributed by atoms with Gasteiger partial charge in [0.25, 0.3) is 5.91 Å². The lowest BCUT2D eigenvalue weighted by molar-refractivity contribution is -0.138. The Morgan fingerprint density at radius 3 is 2.43 bits per heavy atom. The van der Waals surface area contributed by atoms with Crippen LogP contribution in [0.25, 0.3) is 0 Å². The van der Waals surface area contributed by atoms with Crippen molar-refractivity contribution >= 4 is 29.3 Å². The topological polar surface area (TPSA) is 69.7 Å². The summed E-state index contributed by atoms with van der Waals surface area (Å²) in [5.41, 5.74) is 1.29. The second kappa shape index (κ2) is 9.72. The van der Waals surface area contributed by atoms with Gasteiger partial charge in [-0.25, -0.2) is 4.39 Å². The van der Waals surface area contributed by atoms with Crippen molar-refractivity contribution in [2.24, 2.45) is 0 Å². The molecule has 0 bridgehead atoms. The Bertz CT molecular complexity index is 1270. The molecular formula is C26H24ClF4N3O3. The number of rotatable bonds is 4. The van der Waals surface area contributed by atoms with Gasteiger partial charge < -0.3 is 4.90 Å². The highest BCUT2D eigenvalue weighted by atomic mass is 35.5. The molecule has 3 heterocycles. The van der Waals surface area contributed by atoms with Crippen molar-refractivity contribution < 1.29 is 31.9 Å². The summed E-state index contributed by atoms with van der Waals surface area (Å²) >= 11 is 6.16. The highest BCUT2D eigenvalue weighted by molar-refractivity contribution is 6.31. The van der Waals surface area contributed by atoms with Gasteiger partial charge >= 0.3 is 6.18 Å². The van der Waals surface area contributed by atoms with E-state index < -0.39 is 35.4 Å². The first-order valence-electron chi connectivity index (χ1n) is 12.1. The molecule has 5 rings (SSSR count). The van der Waals surface area contributed by atoms with E-state index in [9.17, 15) is 31.9 Å². The molecule has 1 N–H and O–H groups in total. The Labute approximate surface area is 215 Å². The largest absolute Gasteiger partial charge is 0.416 e. The quantitative estimate of drug-likeness (QED) is 0.456. The van der Waals surface area contributed by atoms with Crippen molar-refractivity contribution in [2.75, 3.05) is 13.1 Å². The molecule has 0 spiro atoms. The Morgan fingerprint density at radius 1 is 1.03 bits per heavy atom. The van der Waals surface area contributed by atoms with Crippen molar-refractivity contribution in [2.45, 2.75) is 56.9 Å². The zero-order valence-electron chi connectivity index (χ0n) is 19.7. The molecule has 1 unspecified atom stereocenters. The molecule has 0 aromatic heterocycles. The summed E-state index contributed by atoms with van der Waals surface area (Å²) in [7, 11) is 0. The maximum absolute atomic E-state index is 14.6. The summed E-state index contributed by atoms with van der Waals surface area (Å²) in [6.07, 6.45) is -2.85. The van der Waals surface area contributed by atoms with E-state index in [1.54, 1.807) is 0 Å². The molecular weight excluding hydrogens is 514 g/mol. The van der Waals surface area contributed by atoms with Crippen LogP contribution in [0.1, 0.15) is 64.2 Å². The van der Waals surface area contributed by atoms with Crippen LogP contribution in [0.2, 0.25) is 5.02 Å². The minimum Gasteiger partial charge on any atom is -0.322 e. The highest BCUT2D eigenvalue weighted by Gasteiger charge is 2.41. The van der Waals surface area contributed by atoms with E-state index in [2.05, 4.69) is 5.32 Å². The fourth-order valence-electron chi connectivity index (χ4n) is 5.53. The van der Waals surface area contributed by atoms with Crippen molar-refractivity contribution in [3.8, 4) is 0 Å². The van der Waals surface area contributed by atoms with Gasteiger partial charge in [0.05, 0.1) is 5.56 Å². The molecule has 6 nitrogen and oxygen atoms in total. The highest BCUT2D eigenvalue weighted by Crippen LogP contribution is 2.38. The molecule has 0 saturated carbocycles. The first kappa shape index (κ1) is 25.7. The SMILES string of the molecule is O=C1CCC(N2Cc3c(cc(F)cc3C3CCN(Cc4cc(C(F)(F)F)ccc4Cl)CC3)C2=O)C(=O)N1. The van der Waals surface area contributed by atoms with Crippen molar-refractivity contribution in [3.63, 3.8) is 0 Å². The van der Waals surface area contributed by atoms with Gasteiger partial charge in [0, 0.05) is 30.1 Å². The van der Waals surface area contributed by atoms with Crippen LogP contribution in [0, 0.1) is 5.82 Å². The third-order valence-electron chi connectivity index (χ3n) is 7.45. The number of nitrogens with one attached hydrogen (secondary N) is 1. The zero-order valence-corrected chi connectivity index (χ0v) is 20.5. The summed E-state index contributed by atoms with van der Waals surface area (Å²) in [4.78, 5) is 40.4. The van der Waals surface area contributed by atoms with Gasteiger partial charge in [0.15, 0.2) is 0 Å². The number of nitrogens with zero attached hydrogens (tertiary/aromatic N) is 2. The lowest BCUT2D eigenvalue weighted by atomic mass is 9.85. The van der Waals surface area contributed by atoms with E-state index in [-0.39, 0.29) is 48.3 Å². The predicted octanol–water partition coefficient (Wildman–Crippen LogP) is 4.64. The molecule has 2 fully saturated rings. The molecule has 2 saturated heterocycles. The normalized spacial score (nSPS) is 21.4. The van der Waals surface area contributed by atoms with Gasteiger partial charge in [-0.15, -0.1) is 0 Å². The third kappa shape index (κ3) is 5.09. The van der Waals surface area contributed by atoms with Crippen molar-refractivity contribution in [1.82, 2.24) is 15.1 Å². The molecule has 3 aliphatic heterocycles. The number of carbonyl (C=O) groups is 3. The molecule has 11 heteroatoms. The molecule has 2 aromatic rings. The first-order valence-corrected chi connectivity index (χ1v) is 12.4. The lowest BCUT2D eigenvalue weighted by Crippen LogP contribution is -2.52. The number of benzene rings is 2. The molecule has 0 aliphatic carbocycles. The van der Waals surface area contributed by atoms with Gasteiger partial charge in [-0.3, -0.25) is 24.6 Å². The molecule has 3 aliphatic rings. The average Bonchev–Trinajstić information content (AvgIpc) is 3.16. The fraction of sp³-hybridized carbons (Fsp3) is 0.423. The van der Waals surface area contributed by atoms with E-state index in [1.165, 1.54) is 23.1 Å². The minimum atomic E-state index is -4.46. The van der Waals surface area contributed by atoms with E-state index in [0.717, 1.165) is 17.7 Å². The molecule has 1 atom stereocenters. The summed E-state index contributed by atoms with van der Waals surface area (Å²) in [5, 5.41) is 2.53. The number of hydrogen-bond donors (Lipinski definition) is 1. The second-order valence-corrected chi connectivity index (χ2v) is 10.2. The van der Waals surface area contributed by atoms with Crippen LogP contribution in [0.15, 0.2) is 30.3 Å². The van der Waals surface area contributed by atoms with Crippen LogP contribution >= 0.6 is 11.6 Å². The van der Waals surface area contributed by atoms with Crippen molar-refractivity contribution in [3.05, 3.63) is 69.0 Å². The summed E-state index contributed by atoms with van der Waals surface area (Å²) in [6, 6.07) is 5.13. The number of halogens is 5. The maximum Gasteiger partial charge on any atom is 0.416 e. The first-order chi connectivity index (χ1) is 17.5. The van der Waals surface area contributed by atoms with Crippen molar-refractivity contribution in [1.29, 1.82) is 0 Å². The Balaban J connectivity index is 1.30. The van der Waals surface area contributed by atoms with Crippen LogP contribution < -0.4 is 5.32 Å². The van der Waals surface area contributed by atoms with Crippen LogP contribution in [0.5, 0.6) is 0 Å². The van der Waals surface area contributed by atoms with Crippen LogP contribution in [0.4, 0.5) is 17.6 Å². The van der Waals surface area contributed by atoms with Gasteiger partial charge in [-0.1, -0.05) is 11.6 Å². The van der Waals surface area contributed by atoms with Gasteiger partial charge in [0.2, 0.25) is 11.8 Å². The maximum atomic E-state index is 14.6. The molecule has 3 amide bonds. The van der Waals surface area contributed by atoms with E-state index in [0.29, 0.717) is 37.1 Å². The smallest absolute Gasteiger partial charge is 0.322 e. The van der Waals surface area contributed by atoms with Crippen LogP contribution in [-0.2, 0) is 28.9 Å². The zero-order chi connectivity index (χ0) is 26.5. The lowest BCUT2D eigenvalue weighted by Gasteiger charge is -2.33. The van der Waals surface area contributed by atoms with E-state index >= 15 is 0 Å². The molecule has 2 aromatic carbocycles. The molecule has 196 valence electrons. The Hall–Kier alpha value is -2.98. The number of hydrogen-bond acceptors (Lipinski definition) is 4. The van der Waals surface area contributed by atoms with Crippen LogP contribution in [-0.4, -0.2) is 46.7 Å². The Morgan fingerprint density at radius 2 is 1.76 bits per heavy atom. The summed E-state index contributed by atoms with van der Waals surface area (Å²) < 4.78 is 53.9. The number of fused-ring (bicyclic) bond motifs is 1. The number of imide groups is 1. The number of likely N-dealkylation sites (tertiary alicyclic amines) is 1. The summed E-state index contributed by atoms with van der Waals surface area (Å²) in [6.45, 7) is 1.55. The Kier molecular flexibility index (Phi) is 6.74. The van der Waals surface area contributed by atoms with E-state index in [4.69, 9.17) is 11.6 Å². The third-order valence-corrected chi connectivity index (χ3v) is 7.82. The average molecular weight is 538 g/mol. The number of piperidine rings is 2.